The van der Waals surface area contributed by atoms with E-state index < -0.39 is 47.8 Å². The second-order valence-corrected chi connectivity index (χ2v) is 9.18. The topological polar surface area (TPSA) is 197 Å². The summed E-state index contributed by atoms with van der Waals surface area (Å²) in [5.41, 5.74) is 10.6. The van der Waals surface area contributed by atoms with Gasteiger partial charge in [0.1, 0.15) is 0 Å². The van der Waals surface area contributed by atoms with E-state index in [1.54, 1.807) is 0 Å². The van der Waals surface area contributed by atoms with E-state index in [1.807, 2.05) is 27.7 Å². The molecule has 0 heterocycles. The van der Waals surface area contributed by atoms with Gasteiger partial charge in [-0.05, 0) is 50.6 Å². The van der Waals surface area contributed by atoms with E-state index in [-0.39, 0.29) is 24.7 Å². The van der Waals surface area contributed by atoms with Crippen LogP contribution in [-0.2, 0) is 38.2 Å². The van der Waals surface area contributed by atoms with Gasteiger partial charge in [0.15, 0.2) is 0 Å². The molecular weight excluding hydrogens is 496 g/mol. The predicted molar refractivity (Wildman–Crippen MR) is 140 cm³/mol. The number of esters is 4. The van der Waals surface area contributed by atoms with Gasteiger partial charge in [-0.15, -0.1) is 0 Å². The number of hydrogen-bond acceptors (Lipinski definition) is 10. The maximum absolute atomic E-state index is 12.2. The van der Waals surface area contributed by atoms with Crippen LogP contribution in [0.5, 0.6) is 0 Å². The van der Waals surface area contributed by atoms with Crippen LogP contribution in [0.25, 0.3) is 0 Å². The Morgan fingerprint density at radius 1 is 0.658 bits per heavy atom. The van der Waals surface area contributed by atoms with Crippen LogP contribution in [0.1, 0.15) is 79.1 Å². The molecular formula is C26H44N4O8. The lowest BCUT2D eigenvalue weighted by Gasteiger charge is -2.19. The summed E-state index contributed by atoms with van der Waals surface area (Å²) in [4.78, 5) is 70.9. The van der Waals surface area contributed by atoms with Crippen molar-refractivity contribution in [3.63, 3.8) is 0 Å². The van der Waals surface area contributed by atoms with Gasteiger partial charge in [-0.2, -0.15) is 0 Å². The first-order chi connectivity index (χ1) is 18.0. The predicted octanol–water partition coefficient (Wildman–Crippen LogP) is 1.00. The molecule has 0 spiro atoms. The standard InChI is InChI=1S/C26H44N4O8/c1-5-9-17(15-29-19(7-3)25(27)35)13-23(33)37-21(31)11-12-22(32)38-24(34)14-18(10-6-2)16-30-20(8-4)26(28)36/h11-12,17-20,29-30H,5-10,13-16H2,1-4H3,(H2,27,35)(H2,28,36)/b12-11-/t17-,18-,19-,20-/m0/s1. The molecule has 12 nitrogen and oxygen atoms in total. The Balaban J connectivity index is 4.70. The van der Waals surface area contributed by atoms with Crippen molar-refractivity contribution in [2.24, 2.45) is 23.3 Å². The minimum atomic E-state index is -1.07. The van der Waals surface area contributed by atoms with Crippen molar-refractivity contribution in [1.82, 2.24) is 10.6 Å². The number of amides is 2. The highest BCUT2D eigenvalue weighted by molar-refractivity contribution is 5.99. The van der Waals surface area contributed by atoms with Crippen LogP contribution < -0.4 is 22.1 Å². The molecule has 0 aromatic carbocycles. The Morgan fingerprint density at radius 2 is 1.00 bits per heavy atom. The van der Waals surface area contributed by atoms with Crippen molar-refractivity contribution < 1.29 is 38.2 Å². The number of nitrogens with one attached hydrogen (secondary N) is 2. The summed E-state index contributed by atoms with van der Waals surface area (Å²) in [5.74, 6) is -5.04. The first kappa shape index (κ1) is 34.9. The van der Waals surface area contributed by atoms with E-state index in [0.29, 0.717) is 50.9 Å². The first-order valence-corrected chi connectivity index (χ1v) is 13.2. The molecule has 0 radical (unpaired) electrons. The van der Waals surface area contributed by atoms with Crippen LogP contribution in [0.4, 0.5) is 0 Å². The van der Waals surface area contributed by atoms with Crippen LogP contribution in [-0.4, -0.2) is 60.9 Å². The molecule has 0 bridgehead atoms. The molecule has 0 aromatic heterocycles. The number of carbonyl (C=O) groups is 6. The summed E-state index contributed by atoms with van der Waals surface area (Å²) in [5, 5.41) is 6.03. The van der Waals surface area contributed by atoms with Crippen molar-refractivity contribution in [2.75, 3.05) is 13.1 Å². The van der Waals surface area contributed by atoms with Crippen molar-refractivity contribution in [1.29, 1.82) is 0 Å². The van der Waals surface area contributed by atoms with E-state index in [0.717, 1.165) is 12.8 Å². The largest absolute Gasteiger partial charge is 0.390 e. The molecule has 12 heteroatoms. The van der Waals surface area contributed by atoms with Crippen molar-refractivity contribution >= 4 is 35.7 Å². The van der Waals surface area contributed by atoms with Gasteiger partial charge in [-0.3, -0.25) is 19.2 Å². The second kappa shape index (κ2) is 19.9. The Morgan fingerprint density at radius 3 is 1.26 bits per heavy atom. The van der Waals surface area contributed by atoms with E-state index >= 15 is 0 Å². The molecule has 0 aliphatic heterocycles. The summed E-state index contributed by atoms with van der Waals surface area (Å²) < 4.78 is 9.44. The van der Waals surface area contributed by atoms with E-state index in [9.17, 15) is 28.8 Å². The molecule has 0 rings (SSSR count). The lowest BCUT2D eigenvalue weighted by atomic mass is 9.99. The Labute approximate surface area is 224 Å². The minimum absolute atomic E-state index is 0.0694. The van der Waals surface area contributed by atoms with Gasteiger partial charge in [0, 0.05) is 12.2 Å². The summed E-state index contributed by atoms with van der Waals surface area (Å²) in [6.07, 6.45) is 5.17. The number of nitrogens with two attached hydrogens (primary N) is 2. The lowest BCUT2D eigenvalue weighted by Crippen LogP contribution is -2.43. The van der Waals surface area contributed by atoms with Gasteiger partial charge >= 0.3 is 23.9 Å². The lowest BCUT2D eigenvalue weighted by molar-refractivity contribution is -0.159. The zero-order chi connectivity index (χ0) is 29.1. The summed E-state index contributed by atoms with van der Waals surface area (Å²) in [7, 11) is 0. The Hall–Kier alpha value is -3.12. The van der Waals surface area contributed by atoms with Crippen LogP contribution >= 0.6 is 0 Å². The van der Waals surface area contributed by atoms with E-state index in [1.165, 1.54) is 0 Å². The summed E-state index contributed by atoms with van der Waals surface area (Å²) in [6, 6.07) is -1.03. The molecule has 0 saturated carbocycles. The first-order valence-electron chi connectivity index (χ1n) is 13.2. The number of primary amides is 2. The highest BCUT2D eigenvalue weighted by Gasteiger charge is 2.21. The fraction of sp³-hybridized carbons (Fsp3) is 0.692. The number of hydrogen-bond donors (Lipinski definition) is 4. The maximum atomic E-state index is 12.2. The highest BCUT2D eigenvalue weighted by Crippen LogP contribution is 2.13. The molecule has 2 amide bonds. The zero-order valence-corrected chi connectivity index (χ0v) is 23.0. The van der Waals surface area contributed by atoms with E-state index in [4.69, 9.17) is 20.9 Å². The molecule has 0 aromatic rings. The third-order valence-electron chi connectivity index (χ3n) is 5.90. The van der Waals surface area contributed by atoms with Gasteiger partial charge in [0.25, 0.3) is 0 Å². The van der Waals surface area contributed by atoms with Crippen molar-refractivity contribution in [2.45, 2.75) is 91.1 Å². The van der Waals surface area contributed by atoms with Gasteiger partial charge in [0.2, 0.25) is 11.8 Å². The third kappa shape index (κ3) is 15.9. The molecule has 0 saturated heterocycles. The van der Waals surface area contributed by atoms with Crippen molar-refractivity contribution in [3.05, 3.63) is 12.2 Å². The second-order valence-electron chi connectivity index (χ2n) is 9.18. The Kier molecular flexibility index (Phi) is 18.3. The molecule has 0 aliphatic carbocycles. The van der Waals surface area contributed by atoms with Gasteiger partial charge in [0.05, 0.1) is 24.9 Å². The fourth-order valence-electron chi connectivity index (χ4n) is 3.86. The molecule has 216 valence electrons. The van der Waals surface area contributed by atoms with E-state index in [2.05, 4.69) is 10.6 Å². The van der Waals surface area contributed by atoms with Crippen LogP contribution in [0.15, 0.2) is 12.2 Å². The van der Waals surface area contributed by atoms with Gasteiger partial charge in [-0.1, -0.05) is 40.5 Å². The molecule has 0 fully saturated rings. The fourth-order valence-corrected chi connectivity index (χ4v) is 3.86. The zero-order valence-electron chi connectivity index (χ0n) is 23.0. The number of ether oxygens (including phenoxy) is 2. The Bertz CT molecular complexity index is 764. The van der Waals surface area contributed by atoms with Crippen molar-refractivity contribution in [3.8, 4) is 0 Å². The SMILES string of the molecule is CCC[C@H](CN[C@@H](CC)C(N)=O)CC(=O)OC(=O)/C=C\C(=O)OC(=O)C[C@H](CCC)CN[C@@H](CC)C(N)=O. The monoisotopic (exact) mass is 540 g/mol. The molecule has 4 atom stereocenters. The number of carbonyl (C=O) groups excluding carboxylic acids is 6. The third-order valence-corrected chi connectivity index (χ3v) is 5.90. The molecule has 0 aliphatic rings. The minimum Gasteiger partial charge on any atom is -0.390 e. The smallest absolute Gasteiger partial charge is 0.338 e. The van der Waals surface area contributed by atoms with Crippen LogP contribution in [0, 0.1) is 11.8 Å². The average Bonchev–Trinajstić information content (AvgIpc) is 2.83. The normalized spacial score (nSPS) is 14.3. The number of rotatable bonds is 20. The van der Waals surface area contributed by atoms with Crippen LogP contribution in [0.3, 0.4) is 0 Å². The summed E-state index contributed by atoms with van der Waals surface area (Å²) in [6.45, 7) is 8.19. The molecule has 6 N–H and O–H groups in total. The summed E-state index contributed by atoms with van der Waals surface area (Å²) >= 11 is 0. The molecule has 0 unspecified atom stereocenters. The maximum Gasteiger partial charge on any atom is 0.338 e. The highest BCUT2D eigenvalue weighted by atomic mass is 16.6. The molecule has 38 heavy (non-hydrogen) atoms. The van der Waals surface area contributed by atoms with Gasteiger partial charge in [-0.25, -0.2) is 9.59 Å². The van der Waals surface area contributed by atoms with Gasteiger partial charge < -0.3 is 31.6 Å². The quantitative estimate of drug-likeness (QED) is 0.0981. The average molecular weight is 541 g/mol. The van der Waals surface area contributed by atoms with Crippen LogP contribution in [0.2, 0.25) is 0 Å².